The quantitative estimate of drug-likeness (QED) is 0.580. The number of aromatic nitrogens is 1. The van der Waals surface area contributed by atoms with Gasteiger partial charge in [-0.05, 0) is 30.3 Å². The topological polar surface area (TPSA) is 55.1 Å². The number of benzene rings is 1. The Labute approximate surface area is 134 Å². The van der Waals surface area contributed by atoms with E-state index in [0.717, 1.165) is 12.1 Å². The first-order chi connectivity index (χ1) is 11.5. The van der Waals surface area contributed by atoms with E-state index >= 15 is 0 Å². The lowest BCUT2D eigenvalue weighted by Gasteiger charge is -2.11. The van der Waals surface area contributed by atoms with Crippen LogP contribution >= 0.6 is 0 Å². The van der Waals surface area contributed by atoms with Gasteiger partial charge in [0.2, 0.25) is 0 Å². The van der Waals surface area contributed by atoms with Crippen LogP contribution in [0.1, 0.15) is 11.3 Å². The molecule has 0 spiro atoms. The number of hydrogen-bond acceptors (Lipinski definition) is 4. The van der Waals surface area contributed by atoms with Gasteiger partial charge in [-0.15, -0.1) is 0 Å². The molecule has 0 amide bonds. The Morgan fingerprint density at radius 1 is 1.08 bits per heavy atom. The second kappa shape index (κ2) is 7.97. The van der Waals surface area contributed by atoms with Gasteiger partial charge in [-0.25, -0.2) is 0 Å². The van der Waals surface area contributed by atoms with Crippen molar-refractivity contribution in [3.63, 3.8) is 0 Å². The smallest absolute Gasteiger partial charge is 0.387 e. The van der Waals surface area contributed by atoms with E-state index in [9.17, 15) is 22.8 Å². The number of ether oxygens (including phenoxy) is 2. The summed E-state index contributed by atoms with van der Waals surface area (Å²) in [5, 5.41) is 9.22. The van der Waals surface area contributed by atoms with E-state index in [-0.39, 0.29) is 16.9 Å². The third-order valence-electron chi connectivity index (χ3n) is 2.79. The van der Waals surface area contributed by atoms with Gasteiger partial charge in [0, 0.05) is 17.8 Å². The fraction of sp³-hybridized carbons (Fsp3) is 0.125. The van der Waals surface area contributed by atoms with E-state index < -0.39 is 19.0 Å². The number of halogens is 4. The molecule has 4 nitrogen and oxygen atoms in total. The highest BCUT2D eigenvalue weighted by molar-refractivity contribution is 5.89. The summed E-state index contributed by atoms with van der Waals surface area (Å²) >= 11 is 0. The number of rotatable bonds is 6. The van der Waals surface area contributed by atoms with Gasteiger partial charge in [0.15, 0.2) is 0 Å². The van der Waals surface area contributed by atoms with E-state index in [1.807, 2.05) is 6.07 Å². The molecule has 8 heteroatoms. The molecule has 0 aliphatic heterocycles. The number of nitrogens with zero attached hydrogens (tertiary/aromatic N) is 2. The first kappa shape index (κ1) is 17.3. The average Bonchev–Trinajstić information content (AvgIpc) is 2.54. The van der Waals surface area contributed by atoms with Crippen LogP contribution in [0, 0.1) is 11.3 Å². The zero-order valence-corrected chi connectivity index (χ0v) is 12.0. The molecule has 0 N–H and O–H groups in total. The zero-order chi connectivity index (χ0) is 17.5. The fourth-order valence-corrected chi connectivity index (χ4v) is 1.85. The Hall–Kier alpha value is -3.08. The Morgan fingerprint density at radius 2 is 1.83 bits per heavy atom. The standard InChI is InChI=1S/C16H10F4N2O2/c17-15(18)23-12-5-4-10(14(8-12)24-16(19)20)7-11(9-21)13-3-1-2-6-22-13/h1-8,15-16H/b11-7+. The number of nitriles is 1. The Balaban J connectivity index is 2.44. The summed E-state index contributed by atoms with van der Waals surface area (Å²) < 4.78 is 58.0. The first-order valence-electron chi connectivity index (χ1n) is 6.56. The van der Waals surface area contributed by atoms with Crippen molar-refractivity contribution >= 4 is 11.6 Å². The van der Waals surface area contributed by atoms with Gasteiger partial charge >= 0.3 is 13.2 Å². The minimum atomic E-state index is -3.17. The minimum absolute atomic E-state index is 0.0947. The van der Waals surface area contributed by atoms with Gasteiger partial charge in [0.25, 0.3) is 0 Å². The molecule has 1 aromatic carbocycles. The molecule has 0 saturated carbocycles. The molecule has 1 aromatic heterocycles. The molecule has 24 heavy (non-hydrogen) atoms. The first-order valence-corrected chi connectivity index (χ1v) is 6.56. The highest BCUT2D eigenvalue weighted by Gasteiger charge is 2.13. The van der Waals surface area contributed by atoms with Crippen LogP contribution in [0.4, 0.5) is 17.6 Å². The molecule has 0 aliphatic rings. The molecule has 0 saturated heterocycles. The lowest BCUT2D eigenvalue weighted by molar-refractivity contribution is -0.0543. The molecule has 124 valence electrons. The van der Waals surface area contributed by atoms with E-state index in [4.69, 9.17) is 0 Å². The highest BCUT2D eigenvalue weighted by atomic mass is 19.3. The number of hydrogen-bond donors (Lipinski definition) is 0. The van der Waals surface area contributed by atoms with Crippen molar-refractivity contribution < 1.29 is 27.0 Å². The maximum absolute atomic E-state index is 12.5. The maximum atomic E-state index is 12.5. The SMILES string of the molecule is N#C/C(=C\c1ccc(OC(F)F)cc1OC(F)F)c1ccccn1. The van der Waals surface area contributed by atoms with E-state index in [0.29, 0.717) is 5.69 Å². The fourth-order valence-electron chi connectivity index (χ4n) is 1.85. The minimum Gasteiger partial charge on any atom is -0.435 e. The lowest BCUT2D eigenvalue weighted by Crippen LogP contribution is -2.06. The molecule has 1 heterocycles. The van der Waals surface area contributed by atoms with Crippen LogP contribution in [0.2, 0.25) is 0 Å². The van der Waals surface area contributed by atoms with Gasteiger partial charge in [0.05, 0.1) is 11.3 Å². The van der Waals surface area contributed by atoms with Crippen molar-refractivity contribution in [2.24, 2.45) is 0 Å². The van der Waals surface area contributed by atoms with Crippen molar-refractivity contribution in [2.45, 2.75) is 13.2 Å². The third-order valence-corrected chi connectivity index (χ3v) is 2.79. The predicted octanol–water partition coefficient (Wildman–Crippen LogP) is 4.35. The molecule has 2 rings (SSSR count). The summed E-state index contributed by atoms with van der Waals surface area (Å²) in [6, 6.07) is 10.1. The van der Waals surface area contributed by atoms with Gasteiger partial charge in [-0.1, -0.05) is 6.07 Å². The number of alkyl halides is 4. The predicted molar refractivity (Wildman–Crippen MR) is 77.4 cm³/mol. The van der Waals surface area contributed by atoms with Gasteiger partial charge in [-0.3, -0.25) is 4.98 Å². The average molecular weight is 338 g/mol. The molecular weight excluding hydrogens is 328 g/mol. The zero-order valence-electron chi connectivity index (χ0n) is 12.0. The second-order valence-corrected chi connectivity index (χ2v) is 4.34. The van der Waals surface area contributed by atoms with Gasteiger partial charge < -0.3 is 9.47 Å². The molecule has 0 unspecified atom stereocenters. The van der Waals surface area contributed by atoms with Gasteiger partial charge in [0.1, 0.15) is 17.6 Å². The van der Waals surface area contributed by atoms with Gasteiger partial charge in [-0.2, -0.15) is 22.8 Å². The van der Waals surface area contributed by atoms with Crippen LogP contribution in [0.5, 0.6) is 11.5 Å². The van der Waals surface area contributed by atoms with E-state index in [1.165, 1.54) is 18.3 Å². The molecule has 0 atom stereocenters. The molecule has 2 aromatic rings. The Kier molecular flexibility index (Phi) is 5.73. The van der Waals surface area contributed by atoms with Crippen LogP contribution in [-0.2, 0) is 0 Å². The lowest BCUT2D eigenvalue weighted by atomic mass is 10.1. The van der Waals surface area contributed by atoms with Crippen LogP contribution < -0.4 is 9.47 Å². The molecule has 0 aliphatic carbocycles. The Bertz CT molecular complexity index is 758. The molecular formula is C16H10F4N2O2. The van der Waals surface area contributed by atoms with Crippen molar-refractivity contribution in [3.05, 3.63) is 53.9 Å². The largest absolute Gasteiger partial charge is 0.435 e. The van der Waals surface area contributed by atoms with E-state index in [1.54, 1.807) is 18.2 Å². The second-order valence-electron chi connectivity index (χ2n) is 4.34. The van der Waals surface area contributed by atoms with Crippen LogP contribution in [0.15, 0.2) is 42.6 Å². The maximum Gasteiger partial charge on any atom is 0.387 e. The van der Waals surface area contributed by atoms with Crippen molar-refractivity contribution in [1.29, 1.82) is 5.26 Å². The van der Waals surface area contributed by atoms with Crippen molar-refractivity contribution in [1.82, 2.24) is 4.98 Å². The third kappa shape index (κ3) is 4.71. The van der Waals surface area contributed by atoms with Crippen LogP contribution in [0.25, 0.3) is 11.6 Å². The number of pyridine rings is 1. The Morgan fingerprint density at radius 3 is 2.42 bits per heavy atom. The van der Waals surface area contributed by atoms with Crippen LogP contribution in [-0.4, -0.2) is 18.2 Å². The summed E-state index contributed by atoms with van der Waals surface area (Å²) in [5.41, 5.74) is 0.521. The summed E-state index contributed by atoms with van der Waals surface area (Å²) in [6.07, 6.45) is 2.74. The summed E-state index contributed by atoms with van der Waals surface area (Å²) in [7, 11) is 0. The van der Waals surface area contributed by atoms with Crippen molar-refractivity contribution in [3.8, 4) is 17.6 Å². The summed E-state index contributed by atoms with van der Waals surface area (Å²) in [4.78, 5) is 3.99. The summed E-state index contributed by atoms with van der Waals surface area (Å²) in [5.74, 6) is -0.735. The number of allylic oxidation sites excluding steroid dienone is 1. The molecule has 0 bridgehead atoms. The summed E-state index contributed by atoms with van der Waals surface area (Å²) in [6.45, 7) is -6.27. The highest BCUT2D eigenvalue weighted by Crippen LogP contribution is 2.30. The van der Waals surface area contributed by atoms with Crippen LogP contribution in [0.3, 0.4) is 0 Å². The molecule has 0 radical (unpaired) electrons. The normalized spacial score (nSPS) is 11.5. The monoisotopic (exact) mass is 338 g/mol. The molecule has 0 fully saturated rings. The van der Waals surface area contributed by atoms with Crippen molar-refractivity contribution in [2.75, 3.05) is 0 Å². The van der Waals surface area contributed by atoms with E-state index in [2.05, 4.69) is 14.5 Å².